The standard InChI is InChI=1S/C25H24ClF3N6O2/c1-5-6-15-9-17(25(27,28)29)11-20(23(15)37-4)31-24(36)16-7-8-19(26)22(10-16)35-13-21(32-33-35)18-12-30-34(3)14(18)2/h7-13H,5-6H2,1-4H3,(H,31,36). The Balaban J connectivity index is 1.68. The van der Waals surface area contributed by atoms with E-state index < -0.39 is 17.6 Å². The molecule has 2 aromatic heterocycles. The number of alkyl halides is 3. The van der Waals surface area contributed by atoms with E-state index in [1.165, 1.54) is 30.0 Å². The minimum atomic E-state index is -4.58. The molecule has 0 aliphatic rings. The summed E-state index contributed by atoms with van der Waals surface area (Å²) in [5.41, 5.74) is 2.19. The minimum Gasteiger partial charge on any atom is -0.494 e. The van der Waals surface area contributed by atoms with Crippen molar-refractivity contribution in [2.75, 3.05) is 12.4 Å². The molecule has 0 unspecified atom stereocenters. The lowest BCUT2D eigenvalue weighted by molar-refractivity contribution is -0.137. The van der Waals surface area contributed by atoms with E-state index in [9.17, 15) is 18.0 Å². The molecule has 0 radical (unpaired) electrons. The van der Waals surface area contributed by atoms with Crippen LogP contribution in [0.4, 0.5) is 18.9 Å². The number of benzene rings is 2. The van der Waals surface area contributed by atoms with Gasteiger partial charge >= 0.3 is 6.18 Å². The summed E-state index contributed by atoms with van der Waals surface area (Å²) < 4.78 is 49.1. The van der Waals surface area contributed by atoms with Crippen molar-refractivity contribution in [2.24, 2.45) is 7.05 Å². The van der Waals surface area contributed by atoms with Crippen molar-refractivity contribution in [2.45, 2.75) is 32.9 Å². The zero-order valence-corrected chi connectivity index (χ0v) is 21.3. The van der Waals surface area contributed by atoms with Gasteiger partial charge in [0.05, 0.1) is 41.5 Å². The second-order valence-corrected chi connectivity index (χ2v) is 8.81. The lowest BCUT2D eigenvalue weighted by atomic mass is 10.0. The maximum absolute atomic E-state index is 13.5. The third-order valence-electron chi connectivity index (χ3n) is 5.92. The molecule has 0 saturated carbocycles. The molecule has 4 rings (SSSR count). The molecule has 0 fully saturated rings. The Labute approximate surface area is 216 Å². The number of nitrogens with one attached hydrogen (secondary N) is 1. The second-order valence-electron chi connectivity index (χ2n) is 8.40. The van der Waals surface area contributed by atoms with Gasteiger partial charge in [-0.15, -0.1) is 5.10 Å². The number of methoxy groups -OCH3 is 1. The first kappa shape index (κ1) is 26.2. The molecular weight excluding hydrogens is 509 g/mol. The van der Waals surface area contributed by atoms with Crippen LogP contribution in [0.15, 0.2) is 42.7 Å². The van der Waals surface area contributed by atoms with Gasteiger partial charge in [0.25, 0.3) is 5.91 Å². The Hall–Kier alpha value is -3.86. The van der Waals surface area contributed by atoms with Crippen molar-refractivity contribution < 1.29 is 22.7 Å². The van der Waals surface area contributed by atoms with Crippen LogP contribution in [0.25, 0.3) is 16.9 Å². The summed E-state index contributed by atoms with van der Waals surface area (Å²) in [7, 11) is 3.16. The third kappa shape index (κ3) is 5.31. The van der Waals surface area contributed by atoms with Crippen LogP contribution in [0.2, 0.25) is 5.02 Å². The SMILES string of the molecule is CCCc1cc(C(F)(F)F)cc(NC(=O)c2ccc(Cl)c(-n3cc(-c4cnn(C)c4C)nn3)c2)c1OC. The Morgan fingerprint density at radius 2 is 1.97 bits per heavy atom. The summed E-state index contributed by atoms with van der Waals surface area (Å²) in [5, 5.41) is 15.4. The molecule has 1 amide bonds. The highest BCUT2D eigenvalue weighted by Crippen LogP contribution is 2.38. The van der Waals surface area contributed by atoms with E-state index in [1.807, 2.05) is 20.9 Å². The maximum Gasteiger partial charge on any atom is 0.416 e. The van der Waals surface area contributed by atoms with E-state index >= 15 is 0 Å². The molecular formula is C25H24ClF3N6O2. The van der Waals surface area contributed by atoms with Gasteiger partial charge in [0.15, 0.2) is 0 Å². The van der Waals surface area contributed by atoms with Crippen LogP contribution in [0, 0.1) is 6.92 Å². The molecule has 2 aromatic carbocycles. The lowest BCUT2D eigenvalue weighted by Gasteiger charge is -2.18. The fourth-order valence-electron chi connectivity index (χ4n) is 3.92. The Morgan fingerprint density at radius 3 is 2.59 bits per heavy atom. The van der Waals surface area contributed by atoms with Gasteiger partial charge in [-0.3, -0.25) is 9.48 Å². The highest BCUT2D eigenvalue weighted by atomic mass is 35.5. The molecule has 8 nitrogen and oxygen atoms in total. The molecule has 12 heteroatoms. The minimum absolute atomic E-state index is 0.0719. The van der Waals surface area contributed by atoms with Crippen molar-refractivity contribution >= 4 is 23.2 Å². The van der Waals surface area contributed by atoms with Gasteiger partial charge in [-0.25, -0.2) is 4.68 Å². The van der Waals surface area contributed by atoms with Gasteiger partial charge in [0, 0.05) is 23.9 Å². The smallest absolute Gasteiger partial charge is 0.416 e. The highest BCUT2D eigenvalue weighted by Gasteiger charge is 2.32. The second kappa shape index (κ2) is 10.3. The average Bonchev–Trinajstić information content (AvgIpc) is 3.45. The summed E-state index contributed by atoms with van der Waals surface area (Å²) in [6.07, 6.45) is -0.306. The number of rotatable bonds is 7. The van der Waals surface area contributed by atoms with E-state index in [0.717, 1.165) is 23.4 Å². The molecule has 0 aliphatic carbocycles. The van der Waals surface area contributed by atoms with Crippen LogP contribution in [0.1, 0.15) is 40.5 Å². The van der Waals surface area contributed by atoms with Gasteiger partial charge in [0.2, 0.25) is 0 Å². The average molecular weight is 533 g/mol. The number of aryl methyl sites for hydroxylation is 2. The van der Waals surface area contributed by atoms with Crippen LogP contribution in [-0.4, -0.2) is 37.8 Å². The molecule has 0 atom stereocenters. The molecule has 0 spiro atoms. The van der Waals surface area contributed by atoms with Crippen molar-refractivity contribution in [3.05, 3.63) is 70.1 Å². The molecule has 4 aromatic rings. The molecule has 0 saturated heterocycles. The van der Waals surface area contributed by atoms with Crippen LogP contribution >= 0.6 is 11.6 Å². The molecule has 0 bridgehead atoms. The Morgan fingerprint density at radius 1 is 1.22 bits per heavy atom. The monoisotopic (exact) mass is 532 g/mol. The summed E-state index contributed by atoms with van der Waals surface area (Å²) in [6, 6.07) is 6.38. The topological polar surface area (TPSA) is 86.9 Å². The quantitative estimate of drug-likeness (QED) is 0.322. The number of aromatic nitrogens is 5. The fraction of sp³-hybridized carbons (Fsp3) is 0.280. The number of anilines is 1. The van der Waals surface area contributed by atoms with Gasteiger partial charge in [-0.1, -0.05) is 30.2 Å². The van der Waals surface area contributed by atoms with Gasteiger partial charge in [0.1, 0.15) is 11.4 Å². The third-order valence-corrected chi connectivity index (χ3v) is 6.24. The number of nitrogens with zero attached hydrogens (tertiary/aromatic N) is 5. The van der Waals surface area contributed by atoms with Crippen molar-refractivity contribution in [3.63, 3.8) is 0 Å². The molecule has 0 aliphatic heterocycles. The molecule has 1 N–H and O–H groups in total. The first-order valence-corrected chi connectivity index (χ1v) is 11.7. The zero-order valence-electron chi connectivity index (χ0n) is 20.5. The first-order valence-electron chi connectivity index (χ1n) is 11.3. The van der Waals surface area contributed by atoms with E-state index in [-0.39, 0.29) is 17.0 Å². The predicted molar refractivity (Wildman–Crippen MR) is 133 cm³/mol. The first-order chi connectivity index (χ1) is 17.5. The number of halogens is 4. The number of hydrogen-bond donors (Lipinski definition) is 1. The van der Waals surface area contributed by atoms with Crippen molar-refractivity contribution in [1.82, 2.24) is 24.8 Å². The summed E-state index contributed by atoms with van der Waals surface area (Å²) in [6.45, 7) is 3.74. The van der Waals surface area contributed by atoms with Crippen LogP contribution in [0.5, 0.6) is 5.75 Å². The fourth-order valence-corrected chi connectivity index (χ4v) is 4.12. The number of amides is 1. The number of ether oxygens (including phenoxy) is 1. The number of hydrogen-bond acceptors (Lipinski definition) is 5. The maximum atomic E-state index is 13.5. The van der Waals surface area contributed by atoms with Crippen LogP contribution in [0.3, 0.4) is 0 Å². The Bertz CT molecular complexity index is 1460. The predicted octanol–water partition coefficient (Wildman–Crippen LogP) is 5.86. The number of carbonyl (C=O) groups is 1. The van der Waals surface area contributed by atoms with E-state index in [0.29, 0.717) is 34.8 Å². The lowest BCUT2D eigenvalue weighted by Crippen LogP contribution is -2.16. The van der Waals surface area contributed by atoms with Crippen LogP contribution in [-0.2, 0) is 19.6 Å². The van der Waals surface area contributed by atoms with Gasteiger partial charge in [-0.2, -0.15) is 18.3 Å². The zero-order chi connectivity index (χ0) is 26.9. The normalized spacial score (nSPS) is 11.6. The summed E-state index contributed by atoms with van der Waals surface area (Å²) in [4.78, 5) is 13.1. The van der Waals surface area contributed by atoms with Gasteiger partial charge < -0.3 is 10.1 Å². The summed E-state index contributed by atoms with van der Waals surface area (Å²) >= 11 is 6.38. The van der Waals surface area contributed by atoms with Gasteiger partial charge in [-0.05, 0) is 49.2 Å². The highest BCUT2D eigenvalue weighted by molar-refractivity contribution is 6.32. The van der Waals surface area contributed by atoms with E-state index in [1.54, 1.807) is 17.1 Å². The molecule has 2 heterocycles. The largest absolute Gasteiger partial charge is 0.494 e. The summed E-state index contributed by atoms with van der Waals surface area (Å²) in [5.74, 6) is -0.452. The van der Waals surface area contributed by atoms with Crippen LogP contribution < -0.4 is 10.1 Å². The van der Waals surface area contributed by atoms with E-state index in [4.69, 9.17) is 16.3 Å². The van der Waals surface area contributed by atoms with E-state index in [2.05, 4.69) is 20.7 Å². The Kier molecular flexibility index (Phi) is 7.26. The number of carbonyl (C=O) groups excluding carboxylic acids is 1. The molecule has 37 heavy (non-hydrogen) atoms. The van der Waals surface area contributed by atoms with Crippen molar-refractivity contribution in [1.29, 1.82) is 0 Å². The van der Waals surface area contributed by atoms with Crippen molar-refractivity contribution in [3.8, 4) is 22.7 Å². The molecule has 194 valence electrons.